The van der Waals surface area contributed by atoms with Crippen LogP contribution in [0.4, 0.5) is 5.69 Å². The van der Waals surface area contributed by atoms with Gasteiger partial charge in [0.2, 0.25) is 11.8 Å². The maximum atomic E-state index is 14.2. The van der Waals surface area contributed by atoms with Gasteiger partial charge >= 0.3 is 0 Å². The number of carbonyl (C=O) groups excluding carboxylic acids is 2. The molecule has 0 unspecified atom stereocenters. The number of sulfonamides is 1. The highest BCUT2D eigenvalue weighted by molar-refractivity contribution is 7.92. The molecule has 0 aliphatic heterocycles. The molecule has 2 amide bonds. The number of nitrogens with one attached hydrogen (secondary N) is 1. The van der Waals surface area contributed by atoms with Crippen LogP contribution < -0.4 is 19.1 Å². The van der Waals surface area contributed by atoms with Crippen LogP contribution in [-0.4, -0.2) is 58.5 Å². The number of hydrogen-bond acceptors (Lipinski definition) is 6. The summed E-state index contributed by atoms with van der Waals surface area (Å²) < 4.78 is 40.2. The summed E-state index contributed by atoms with van der Waals surface area (Å²) in [6, 6.07) is 13.6. The number of benzene rings is 3. The largest absolute Gasteiger partial charge is 0.493 e. The summed E-state index contributed by atoms with van der Waals surface area (Å²) in [6.07, 6.45) is 1.67. The van der Waals surface area contributed by atoms with Gasteiger partial charge in [-0.2, -0.15) is 0 Å². The van der Waals surface area contributed by atoms with E-state index in [9.17, 15) is 18.0 Å². The zero-order valence-corrected chi connectivity index (χ0v) is 28.1. The van der Waals surface area contributed by atoms with E-state index in [1.54, 1.807) is 37.3 Å². The predicted molar refractivity (Wildman–Crippen MR) is 174 cm³/mol. The van der Waals surface area contributed by atoms with E-state index in [-0.39, 0.29) is 23.1 Å². The maximum absolute atomic E-state index is 14.2. The average molecular weight is 665 g/mol. The molecule has 238 valence electrons. The van der Waals surface area contributed by atoms with Crippen molar-refractivity contribution in [2.24, 2.45) is 0 Å². The number of unbranched alkanes of at least 4 members (excludes halogenated alkanes) is 1. The highest BCUT2D eigenvalue weighted by atomic mass is 35.5. The van der Waals surface area contributed by atoms with Crippen LogP contribution in [0.1, 0.15) is 43.4 Å². The standard InChI is InChI=1S/C32H39Cl2N3O6S/c1-7-8-13-35-32(39)23(4)36(19-24-9-11-27(33)28(34)17-24)31(38)20-37(25-15-21(2)14-22(3)16-25)44(40,41)26-10-12-29(42-5)30(18-26)43-6/h9-12,14-18,23H,7-8,13,19-20H2,1-6H3,(H,35,39)/t23-/m0/s1. The summed E-state index contributed by atoms with van der Waals surface area (Å²) in [4.78, 5) is 28.6. The van der Waals surface area contributed by atoms with Gasteiger partial charge in [-0.05, 0) is 80.3 Å². The van der Waals surface area contributed by atoms with E-state index in [0.29, 0.717) is 33.6 Å². The maximum Gasteiger partial charge on any atom is 0.264 e. The molecule has 9 nitrogen and oxygen atoms in total. The summed E-state index contributed by atoms with van der Waals surface area (Å²) in [5.41, 5.74) is 2.56. The fraction of sp³-hybridized carbons (Fsp3) is 0.375. The van der Waals surface area contributed by atoms with Crippen molar-refractivity contribution >= 4 is 50.7 Å². The van der Waals surface area contributed by atoms with Crippen molar-refractivity contribution in [2.45, 2.75) is 58.0 Å². The Hall–Kier alpha value is -3.47. The molecule has 0 radical (unpaired) electrons. The minimum atomic E-state index is -4.31. The van der Waals surface area contributed by atoms with Crippen LogP contribution in [-0.2, 0) is 26.2 Å². The molecule has 0 saturated carbocycles. The molecule has 0 saturated heterocycles. The fourth-order valence-electron chi connectivity index (χ4n) is 4.68. The molecule has 3 aromatic carbocycles. The lowest BCUT2D eigenvalue weighted by molar-refractivity contribution is -0.139. The number of carbonyl (C=O) groups is 2. The second-order valence-electron chi connectivity index (χ2n) is 10.5. The van der Waals surface area contributed by atoms with Crippen molar-refractivity contribution in [1.82, 2.24) is 10.2 Å². The van der Waals surface area contributed by atoms with E-state index in [2.05, 4.69) is 5.32 Å². The second-order valence-corrected chi connectivity index (χ2v) is 13.1. The molecule has 0 aliphatic rings. The Morgan fingerprint density at radius 3 is 2.16 bits per heavy atom. The summed E-state index contributed by atoms with van der Waals surface area (Å²) in [5.74, 6) is -0.361. The first-order valence-electron chi connectivity index (χ1n) is 14.2. The molecule has 3 aromatic rings. The van der Waals surface area contributed by atoms with Crippen LogP contribution in [0.2, 0.25) is 10.0 Å². The fourth-order valence-corrected chi connectivity index (χ4v) is 6.42. The van der Waals surface area contributed by atoms with E-state index in [1.807, 2.05) is 26.8 Å². The Morgan fingerprint density at radius 2 is 1.57 bits per heavy atom. The minimum Gasteiger partial charge on any atom is -0.493 e. The van der Waals surface area contributed by atoms with E-state index in [0.717, 1.165) is 28.3 Å². The smallest absolute Gasteiger partial charge is 0.264 e. The Kier molecular flexibility index (Phi) is 12.3. The lowest BCUT2D eigenvalue weighted by atomic mass is 10.1. The van der Waals surface area contributed by atoms with Crippen LogP contribution >= 0.6 is 23.2 Å². The van der Waals surface area contributed by atoms with Crippen LogP contribution in [0, 0.1) is 13.8 Å². The highest BCUT2D eigenvalue weighted by Gasteiger charge is 2.33. The Morgan fingerprint density at radius 1 is 0.909 bits per heavy atom. The number of methoxy groups -OCH3 is 2. The molecule has 0 aromatic heterocycles. The molecule has 3 rings (SSSR count). The van der Waals surface area contributed by atoms with Crippen LogP contribution in [0.15, 0.2) is 59.5 Å². The van der Waals surface area contributed by atoms with Gasteiger partial charge in [0, 0.05) is 19.2 Å². The zero-order chi connectivity index (χ0) is 32.6. The number of hydrogen-bond donors (Lipinski definition) is 1. The average Bonchev–Trinajstić information content (AvgIpc) is 2.98. The lowest BCUT2D eigenvalue weighted by Gasteiger charge is -2.32. The van der Waals surface area contributed by atoms with Crippen molar-refractivity contribution in [3.05, 3.63) is 81.3 Å². The van der Waals surface area contributed by atoms with Gasteiger partial charge in [-0.1, -0.05) is 48.7 Å². The zero-order valence-electron chi connectivity index (χ0n) is 25.8. The summed E-state index contributed by atoms with van der Waals surface area (Å²) in [7, 11) is -1.45. The quantitative estimate of drug-likeness (QED) is 0.207. The Labute approximate surface area is 270 Å². The first kappa shape index (κ1) is 35.0. The number of rotatable bonds is 14. The molecule has 0 bridgehead atoms. The summed E-state index contributed by atoms with van der Waals surface area (Å²) >= 11 is 12.4. The monoisotopic (exact) mass is 663 g/mol. The normalized spacial score (nSPS) is 11.9. The van der Waals surface area contributed by atoms with Gasteiger partial charge in [0.15, 0.2) is 11.5 Å². The van der Waals surface area contributed by atoms with Gasteiger partial charge in [0.1, 0.15) is 12.6 Å². The van der Waals surface area contributed by atoms with Crippen molar-refractivity contribution in [3.8, 4) is 11.5 Å². The lowest BCUT2D eigenvalue weighted by Crippen LogP contribution is -2.51. The number of aryl methyl sites for hydroxylation is 2. The minimum absolute atomic E-state index is 0.00478. The molecular weight excluding hydrogens is 625 g/mol. The van der Waals surface area contributed by atoms with E-state index < -0.39 is 28.5 Å². The highest BCUT2D eigenvalue weighted by Crippen LogP contribution is 2.33. The molecule has 0 fully saturated rings. The van der Waals surface area contributed by atoms with Gasteiger partial charge in [-0.25, -0.2) is 8.42 Å². The number of nitrogens with zero attached hydrogens (tertiary/aromatic N) is 2. The SMILES string of the molecule is CCCCNC(=O)[C@H](C)N(Cc1ccc(Cl)c(Cl)c1)C(=O)CN(c1cc(C)cc(C)c1)S(=O)(=O)c1ccc(OC)c(OC)c1. The predicted octanol–water partition coefficient (Wildman–Crippen LogP) is 6.16. The molecule has 1 atom stereocenters. The number of halogens is 2. The van der Waals surface area contributed by atoms with Crippen molar-refractivity contribution in [1.29, 1.82) is 0 Å². The summed E-state index contributed by atoms with van der Waals surface area (Å²) in [5, 5.41) is 3.51. The third kappa shape index (κ3) is 8.58. The Balaban J connectivity index is 2.09. The van der Waals surface area contributed by atoms with Crippen molar-refractivity contribution in [2.75, 3.05) is 31.6 Å². The molecular formula is C32H39Cl2N3O6S. The third-order valence-electron chi connectivity index (χ3n) is 7.05. The van der Waals surface area contributed by atoms with E-state index in [1.165, 1.54) is 37.3 Å². The first-order valence-corrected chi connectivity index (χ1v) is 16.4. The van der Waals surface area contributed by atoms with Gasteiger partial charge in [-0.3, -0.25) is 13.9 Å². The molecule has 0 heterocycles. The van der Waals surface area contributed by atoms with Crippen LogP contribution in [0.25, 0.3) is 0 Å². The van der Waals surface area contributed by atoms with Gasteiger partial charge in [-0.15, -0.1) is 0 Å². The summed E-state index contributed by atoms with van der Waals surface area (Å²) in [6.45, 7) is 7.19. The van der Waals surface area contributed by atoms with Gasteiger partial charge in [0.25, 0.3) is 10.0 Å². The van der Waals surface area contributed by atoms with Gasteiger partial charge in [0.05, 0.1) is 34.8 Å². The Bertz CT molecular complexity index is 1580. The topological polar surface area (TPSA) is 105 Å². The molecule has 0 aliphatic carbocycles. The second kappa shape index (κ2) is 15.5. The van der Waals surface area contributed by atoms with Crippen LogP contribution in [0.3, 0.4) is 0 Å². The third-order valence-corrected chi connectivity index (χ3v) is 9.56. The van der Waals surface area contributed by atoms with E-state index in [4.69, 9.17) is 32.7 Å². The molecule has 0 spiro atoms. The van der Waals surface area contributed by atoms with Crippen molar-refractivity contribution in [3.63, 3.8) is 0 Å². The molecule has 12 heteroatoms. The number of anilines is 1. The first-order chi connectivity index (χ1) is 20.8. The number of ether oxygens (including phenoxy) is 2. The molecule has 1 N–H and O–H groups in total. The van der Waals surface area contributed by atoms with Gasteiger partial charge < -0.3 is 19.7 Å². The van der Waals surface area contributed by atoms with Crippen LogP contribution in [0.5, 0.6) is 11.5 Å². The van der Waals surface area contributed by atoms with Crippen molar-refractivity contribution < 1.29 is 27.5 Å². The van der Waals surface area contributed by atoms with E-state index >= 15 is 0 Å². The molecule has 44 heavy (non-hydrogen) atoms. The number of amides is 2.